The number of aromatic nitrogens is 3. The number of carbonyl (C=O) groups excluding carboxylic acids is 3. The number of hydrogen-bond acceptors (Lipinski definition) is 12. The number of esters is 3. The van der Waals surface area contributed by atoms with Crippen LogP contribution in [0.1, 0.15) is 20.8 Å². The van der Waals surface area contributed by atoms with Crippen LogP contribution in [0.2, 0.25) is 0 Å². The standard InChI is InChI=1S/C39H27N3O9/c1-19(43)49-25-10-4-22-7-13-31(46)34(28(22)16-25)37-40-38(35-29-17-26(50-20(2)44)11-5-23(29)8-14-32(35)47)42-39(41-37)36-30-18-27(51-21(3)45)12-6-24(30)9-15-33(36)48/h4-18,46-48H,1-3H3. The fourth-order valence-corrected chi connectivity index (χ4v) is 5.97. The smallest absolute Gasteiger partial charge is 0.308 e. The molecule has 0 amide bonds. The molecular formula is C39H27N3O9. The Balaban J connectivity index is 1.58. The minimum absolute atomic E-state index is 0.0573. The van der Waals surface area contributed by atoms with Gasteiger partial charge >= 0.3 is 17.9 Å². The fraction of sp³-hybridized carbons (Fsp3) is 0.0769. The molecule has 0 unspecified atom stereocenters. The lowest BCUT2D eigenvalue weighted by atomic mass is 10.00. The molecule has 0 atom stereocenters. The van der Waals surface area contributed by atoms with Crippen molar-refractivity contribution in [2.75, 3.05) is 0 Å². The molecule has 0 aliphatic rings. The number of carbonyl (C=O) groups is 3. The Morgan fingerprint density at radius 3 is 0.941 bits per heavy atom. The first-order valence-corrected chi connectivity index (χ1v) is 15.5. The Kier molecular flexibility index (Phi) is 8.11. The zero-order valence-electron chi connectivity index (χ0n) is 27.3. The molecule has 6 aromatic carbocycles. The van der Waals surface area contributed by atoms with Crippen molar-refractivity contribution in [1.29, 1.82) is 0 Å². The molecule has 7 aromatic rings. The van der Waals surface area contributed by atoms with Crippen LogP contribution in [0.25, 0.3) is 66.5 Å². The van der Waals surface area contributed by atoms with E-state index in [0.29, 0.717) is 32.3 Å². The summed E-state index contributed by atoms with van der Waals surface area (Å²) in [6.45, 7) is 3.81. The lowest BCUT2D eigenvalue weighted by Gasteiger charge is -2.15. The monoisotopic (exact) mass is 681 g/mol. The van der Waals surface area contributed by atoms with Gasteiger partial charge in [0.15, 0.2) is 17.5 Å². The fourth-order valence-electron chi connectivity index (χ4n) is 5.97. The van der Waals surface area contributed by atoms with Crippen molar-refractivity contribution in [2.24, 2.45) is 0 Å². The molecular weight excluding hydrogens is 654 g/mol. The molecule has 0 fully saturated rings. The van der Waals surface area contributed by atoms with Crippen molar-refractivity contribution < 1.29 is 43.9 Å². The molecule has 1 aromatic heterocycles. The molecule has 3 N–H and O–H groups in total. The van der Waals surface area contributed by atoms with Crippen molar-refractivity contribution >= 4 is 50.2 Å². The average Bonchev–Trinajstić information content (AvgIpc) is 3.07. The van der Waals surface area contributed by atoms with E-state index in [4.69, 9.17) is 29.2 Å². The summed E-state index contributed by atoms with van der Waals surface area (Å²) < 4.78 is 16.0. The van der Waals surface area contributed by atoms with Crippen LogP contribution in [-0.2, 0) is 14.4 Å². The molecule has 12 nitrogen and oxygen atoms in total. The Bertz CT molecular complexity index is 2310. The Labute approximate surface area is 289 Å². The topological polar surface area (TPSA) is 178 Å². The van der Waals surface area contributed by atoms with Crippen molar-refractivity contribution in [3.05, 3.63) is 91.0 Å². The van der Waals surface area contributed by atoms with E-state index in [1.165, 1.54) is 39.0 Å². The van der Waals surface area contributed by atoms with Crippen LogP contribution in [0.5, 0.6) is 34.5 Å². The molecule has 0 bridgehead atoms. The quantitative estimate of drug-likeness (QED) is 0.119. The lowest BCUT2D eigenvalue weighted by molar-refractivity contribution is -0.132. The molecule has 7 rings (SSSR count). The zero-order valence-corrected chi connectivity index (χ0v) is 27.3. The molecule has 0 radical (unpaired) electrons. The molecule has 51 heavy (non-hydrogen) atoms. The van der Waals surface area contributed by atoms with E-state index >= 15 is 0 Å². The highest BCUT2D eigenvalue weighted by Gasteiger charge is 2.23. The summed E-state index contributed by atoms with van der Waals surface area (Å²) in [7, 11) is 0. The third-order valence-corrected chi connectivity index (χ3v) is 8.00. The highest BCUT2D eigenvalue weighted by molar-refractivity contribution is 6.03. The molecule has 0 aliphatic heterocycles. The van der Waals surface area contributed by atoms with Crippen molar-refractivity contribution in [3.63, 3.8) is 0 Å². The number of hydrogen-bond donors (Lipinski definition) is 3. The van der Waals surface area contributed by atoms with Crippen molar-refractivity contribution in [3.8, 4) is 68.7 Å². The van der Waals surface area contributed by atoms with Crippen LogP contribution >= 0.6 is 0 Å². The number of aromatic hydroxyl groups is 3. The van der Waals surface area contributed by atoms with Crippen molar-refractivity contribution in [1.82, 2.24) is 15.0 Å². The summed E-state index contributed by atoms with van der Waals surface area (Å²) in [6, 6.07) is 24.1. The molecule has 0 saturated heterocycles. The number of phenolic OH excluding ortho intramolecular Hbond substituents is 3. The SMILES string of the molecule is CC(=O)Oc1ccc2ccc(O)c(-c3nc(-c4c(O)ccc5ccc(OC(C)=O)cc45)nc(-c4c(O)ccc5ccc(OC(C)=O)cc45)n3)c2c1. The normalized spacial score (nSPS) is 11.1. The van der Waals surface area contributed by atoms with Crippen molar-refractivity contribution in [2.45, 2.75) is 20.8 Å². The predicted octanol–water partition coefficient (Wildman–Crippen LogP) is 7.22. The Morgan fingerprint density at radius 2 is 0.686 bits per heavy atom. The van der Waals surface area contributed by atoms with Gasteiger partial charge in [-0.15, -0.1) is 0 Å². The molecule has 0 aliphatic carbocycles. The van der Waals surface area contributed by atoms with Crippen LogP contribution in [0, 0.1) is 0 Å². The molecule has 252 valence electrons. The second-order valence-corrected chi connectivity index (χ2v) is 11.6. The van der Waals surface area contributed by atoms with E-state index in [2.05, 4.69) is 0 Å². The van der Waals surface area contributed by atoms with Crippen LogP contribution in [0.4, 0.5) is 0 Å². The first kappa shape index (κ1) is 32.5. The predicted molar refractivity (Wildman–Crippen MR) is 188 cm³/mol. The first-order valence-electron chi connectivity index (χ1n) is 15.5. The van der Waals surface area contributed by atoms with E-state index in [1.807, 2.05) is 0 Å². The van der Waals surface area contributed by atoms with Gasteiger partial charge in [0, 0.05) is 36.9 Å². The van der Waals surface area contributed by atoms with Gasteiger partial charge in [-0.3, -0.25) is 14.4 Å². The van der Waals surface area contributed by atoms with Crippen LogP contribution in [0.3, 0.4) is 0 Å². The lowest BCUT2D eigenvalue weighted by Crippen LogP contribution is -2.04. The van der Waals surface area contributed by atoms with E-state index in [1.54, 1.807) is 72.8 Å². The number of nitrogens with zero attached hydrogens (tertiary/aromatic N) is 3. The van der Waals surface area contributed by atoms with Gasteiger partial charge in [-0.25, -0.2) is 15.0 Å². The van der Waals surface area contributed by atoms with Gasteiger partial charge in [0.25, 0.3) is 0 Å². The van der Waals surface area contributed by atoms with E-state index in [0.717, 1.165) is 0 Å². The van der Waals surface area contributed by atoms with Gasteiger partial charge in [-0.1, -0.05) is 36.4 Å². The first-order chi connectivity index (χ1) is 24.4. The van der Waals surface area contributed by atoms with Crippen LogP contribution in [0.15, 0.2) is 91.0 Å². The number of fused-ring (bicyclic) bond motifs is 3. The van der Waals surface area contributed by atoms with Gasteiger partial charge in [0.05, 0.1) is 16.7 Å². The van der Waals surface area contributed by atoms with Gasteiger partial charge in [-0.2, -0.15) is 0 Å². The minimum Gasteiger partial charge on any atom is -0.507 e. The summed E-state index contributed by atoms with van der Waals surface area (Å²) in [6.07, 6.45) is 0. The Hall–Kier alpha value is -7.08. The largest absolute Gasteiger partial charge is 0.507 e. The third-order valence-electron chi connectivity index (χ3n) is 8.00. The average molecular weight is 682 g/mol. The second kappa shape index (κ2) is 12.7. The summed E-state index contributed by atoms with van der Waals surface area (Å²) in [5.41, 5.74) is 0.436. The van der Waals surface area contributed by atoms with Gasteiger partial charge in [0.1, 0.15) is 34.5 Å². The highest BCUT2D eigenvalue weighted by Crippen LogP contribution is 2.43. The molecule has 0 saturated carbocycles. The number of rotatable bonds is 6. The van der Waals surface area contributed by atoms with Crippen LogP contribution < -0.4 is 14.2 Å². The maximum absolute atomic E-state index is 11.8. The third kappa shape index (κ3) is 6.29. The van der Waals surface area contributed by atoms with E-state index < -0.39 is 17.9 Å². The van der Waals surface area contributed by atoms with Gasteiger partial charge in [-0.05, 0) is 70.8 Å². The summed E-state index contributed by atoms with van der Waals surface area (Å²) >= 11 is 0. The van der Waals surface area contributed by atoms with E-state index in [9.17, 15) is 29.7 Å². The van der Waals surface area contributed by atoms with Gasteiger partial charge < -0.3 is 29.5 Å². The molecule has 12 heteroatoms. The maximum atomic E-state index is 11.8. The number of phenols is 3. The summed E-state index contributed by atoms with van der Waals surface area (Å²) in [5, 5.41) is 37.3. The maximum Gasteiger partial charge on any atom is 0.308 e. The zero-order chi connectivity index (χ0) is 36.0. The summed E-state index contributed by atoms with van der Waals surface area (Å²) in [4.78, 5) is 49.7. The minimum atomic E-state index is -0.542. The number of benzene rings is 6. The van der Waals surface area contributed by atoms with E-state index in [-0.39, 0.29) is 68.7 Å². The molecule has 0 spiro atoms. The van der Waals surface area contributed by atoms with Gasteiger partial charge in [0.2, 0.25) is 0 Å². The summed E-state index contributed by atoms with van der Waals surface area (Å²) in [5.74, 6) is -1.81. The van der Waals surface area contributed by atoms with Crippen LogP contribution in [-0.4, -0.2) is 48.2 Å². The highest BCUT2D eigenvalue weighted by atomic mass is 16.5. The second-order valence-electron chi connectivity index (χ2n) is 11.6. The molecule has 1 heterocycles. The number of ether oxygens (including phenoxy) is 3. The Morgan fingerprint density at radius 1 is 0.431 bits per heavy atom.